The maximum absolute atomic E-state index is 12.8. The summed E-state index contributed by atoms with van der Waals surface area (Å²) in [5, 5.41) is 5.18. The van der Waals surface area contributed by atoms with Gasteiger partial charge in [-0.3, -0.25) is 24.3 Å². The Morgan fingerprint density at radius 1 is 1.11 bits per heavy atom. The van der Waals surface area contributed by atoms with Gasteiger partial charge in [0, 0.05) is 43.5 Å². The number of H-pyrrole nitrogens is 1. The molecular weight excluding hydrogens is 479 g/mol. The van der Waals surface area contributed by atoms with E-state index >= 15 is 0 Å². The van der Waals surface area contributed by atoms with Crippen molar-refractivity contribution in [2.45, 2.75) is 49.9 Å². The monoisotopic (exact) mass is 507 g/mol. The van der Waals surface area contributed by atoms with E-state index in [4.69, 9.17) is 0 Å². The van der Waals surface area contributed by atoms with Crippen molar-refractivity contribution in [3.05, 3.63) is 68.0 Å². The maximum Gasteiger partial charge on any atom is 0.416 e. The zero-order valence-electron chi connectivity index (χ0n) is 19.7. The molecule has 4 rings (SSSR count). The SMILES string of the molecule is Cn1cc(C2CCC(N3CC(NC(=O)CNC(=O)c4cccc(C(F)(F)F)c4)C3)CC2)c(=O)[nH]c1=O. The quantitative estimate of drug-likeness (QED) is 0.546. The van der Waals surface area contributed by atoms with E-state index in [9.17, 15) is 32.3 Å². The van der Waals surface area contributed by atoms with Crippen molar-refractivity contribution in [3.63, 3.8) is 0 Å². The van der Waals surface area contributed by atoms with Gasteiger partial charge in [0.15, 0.2) is 0 Å². The van der Waals surface area contributed by atoms with E-state index in [2.05, 4.69) is 20.5 Å². The van der Waals surface area contributed by atoms with E-state index in [0.29, 0.717) is 24.7 Å². The number of hydrogen-bond acceptors (Lipinski definition) is 5. The van der Waals surface area contributed by atoms with Crippen LogP contribution in [0.4, 0.5) is 13.2 Å². The van der Waals surface area contributed by atoms with Crippen LogP contribution in [0.3, 0.4) is 0 Å². The topological polar surface area (TPSA) is 116 Å². The maximum atomic E-state index is 12.8. The van der Waals surface area contributed by atoms with Crippen LogP contribution < -0.4 is 21.9 Å². The number of halogens is 3. The van der Waals surface area contributed by atoms with E-state index in [1.54, 1.807) is 13.2 Å². The van der Waals surface area contributed by atoms with E-state index in [0.717, 1.165) is 43.9 Å². The van der Waals surface area contributed by atoms with Crippen LogP contribution in [0.2, 0.25) is 0 Å². The average Bonchev–Trinajstić information content (AvgIpc) is 2.81. The standard InChI is InChI=1S/C24H28F3N5O4/c1-31-13-19(22(35)30-23(31)36)14-5-7-18(8-6-14)32-11-17(12-32)29-20(33)10-28-21(34)15-3-2-4-16(9-15)24(25,26)27/h2-4,9,13-14,17-18H,5-8,10-12H2,1H3,(H,28,34)(H,29,33)(H,30,35,36). The summed E-state index contributed by atoms with van der Waals surface area (Å²) in [7, 11) is 1.61. The summed E-state index contributed by atoms with van der Waals surface area (Å²) < 4.78 is 39.8. The first kappa shape index (κ1) is 25.7. The zero-order chi connectivity index (χ0) is 26.0. The van der Waals surface area contributed by atoms with Gasteiger partial charge < -0.3 is 15.2 Å². The summed E-state index contributed by atoms with van der Waals surface area (Å²) in [5.41, 5.74) is -1.21. The van der Waals surface area contributed by atoms with Gasteiger partial charge in [-0.2, -0.15) is 13.2 Å². The molecule has 9 nitrogen and oxygen atoms in total. The number of amides is 2. The average molecular weight is 508 g/mol. The molecule has 1 aliphatic heterocycles. The van der Waals surface area contributed by atoms with E-state index in [1.165, 1.54) is 10.6 Å². The predicted octanol–water partition coefficient (Wildman–Crippen LogP) is 1.35. The second-order valence-electron chi connectivity index (χ2n) is 9.44. The molecule has 1 saturated carbocycles. The number of aromatic nitrogens is 2. The van der Waals surface area contributed by atoms with Crippen LogP contribution >= 0.6 is 0 Å². The molecule has 0 spiro atoms. The van der Waals surface area contributed by atoms with Crippen LogP contribution in [-0.2, 0) is 18.0 Å². The molecule has 0 bridgehead atoms. The third-order valence-electron chi connectivity index (χ3n) is 6.93. The largest absolute Gasteiger partial charge is 0.416 e. The number of likely N-dealkylation sites (tertiary alicyclic amines) is 1. The molecule has 0 unspecified atom stereocenters. The van der Waals surface area contributed by atoms with Crippen molar-refractivity contribution in [2.75, 3.05) is 19.6 Å². The molecule has 12 heteroatoms. The first-order valence-electron chi connectivity index (χ1n) is 11.8. The van der Waals surface area contributed by atoms with E-state index in [-0.39, 0.29) is 29.6 Å². The van der Waals surface area contributed by atoms with Crippen LogP contribution in [0, 0.1) is 0 Å². The Morgan fingerprint density at radius 2 is 1.81 bits per heavy atom. The Hall–Kier alpha value is -3.41. The second-order valence-corrected chi connectivity index (χ2v) is 9.44. The normalized spacial score (nSPS) is 21.0. The van der Waals surface area contributed by atoms with Gasteiger partial charge in [-0.15, -0.1) is 0 Å². The summed E-state index contributed by atoms with van der Waals surface area (Å²) in [5.74, 6) is -1.05. The number of aromatic amines is 1. The molecule has 2 amide bonds. The number of rotatable bonds is 6. The van der Waals surface area contributed by atoms with E-state index < -0.39 is 29.2 Å². The second kappa shape index (κ2) is 10.3. The lowest BCUT2D eigenvalue weighted by atomic mass is 9.81. The Labute approximate surface area is 204 Å². The minimum atomic E-state index is -4.55. The number of carbonyl (C=O) groups is 2. The molecule has 2 heterocycles. The summed E-state index contributed by atoms with van der Waals surface area (Å²) >= 11 is 0. The Morgan fingerprint density at radius 3 is 2.47 bits per heavy atom. The fourth-order valence-electron chi connectivity index (χ4n) is 4.91. The minimum absolute atomic E-state index is 0.0628. The number of nitrogens with one attached hydrogen (secondary N) is 3. The number of alkyl halides is 3. The number of carbonyl (C=O) groups excluding carboxylic acids is 2. The van der Waals surface area contributed by atoms with Gasteiger partial charge in [0.2, 0.25) is 5.91 Å². The Balaban J connectivity index is 1.18. The van der Waals surface area contributed by atoms with Crippen LogP contribution in [0.15, 0.2) is 40.1 Å². The Bertz CT molecular complexity index is 1240. The van der Waals surface area contributed by atoms with Crippen molar-refractivity contribution >= 4 is 11.8 Å². The molecule has 3 N–H and O–H groups in total. The highest BCUT2D eigenvalue weighted by Crippen LogP contribution is 2.34. The third-order valence-corrected chi connectivity index (χ3v) is 6.93. The smallest absolute Gasteiger partial charge is 0.349 e. The molecule has 2 fully saturated rings. The third kappa shape index (κ3) is 5.86. The molecule has 0 atom stereocenters. The van der Waals surface area contributed by atoms with Crippen molar-refractivity contribution in [1.82, 2.24) is 25.1 Å². The molecule has 1 aromatic carbocycles. The fourth-order valence-corrected chi connectivity index (χ4v) is 4.91. The molecule has 194 valence electrons. The number of hydrogen-bond donors (Lipinski definition) is 3. The number of aryl methyl sites for hydroxylation is 1. The lowest BCUT2D eigenvalue weighted by Crippen LogP contribution is -2.63. The summed E-state index contributed by atoms with van der Waals surface area (Å²) in [6.07, 6.45) is 0.540. The van der Waals surface area contributed by atoms with Gasteiger partial charge >= 0.3 is 11.9 Å². The van der Waals surface area contributed by atoms with Crippen molar-refractivity contribution in [2.24, 2.45) is 7.05 Å². The highest BCUT2D eigenvalue weighted by molar-refractivity contribution is 5.96. The number of benzene rings is 1. The summed E-state index contributed by atoms with van der Waals surface area (Å²) in [6, 6.07) is 4.32. The highest BCUT2D eigenvalue weighted by atomic mass is 19.4. The summed E-state index contributed by atoms with van der Waals surface area (Å²) in [4.78, 5) is 52.7. The van der Waals surface area contributed by atoms with Crippen LogP contribution in [0.1, 0.15) is 53.1 Å². The summed E-state index contributed by atoms with van der Waals surface area (Å²) in [6.45, 7) is 1.01. The molecule has 1 aromatic heterocycles. The van der Waals surface area contributed by atoms with Crippen molar-refractivity contribution in [3.8, 4) is 0 Å². The van der Waals surface area contributed by atoms with Gasteiger partial charge in [0.05, 0.1) is 18.2 Å². The molecule has 2 aliphatic rings. The molecular formula is C24H28F3N5O4. The van der Waals surface area contributed by atoms with Gasteiger partial charge in [0.1, 0.15) is 0 Å². The minimum Gasteiger partial charge on any atom is -0.349 e. The highest BCUT2D eigenvalue weighted by Gasteiger charge is 2.36. The lowest BCUT2D eigenvalue weighted by molar-refractivity contribution is -0.137. The van der Waals surface area contributed by atoms with Crippen LogP contribution in [0.25, 0.3) is 0 Å². The van der Waals surface area contributed by atoms with Crippen molar-refractivity contribution < 1.29 is 22.8 Å². The van der Waals surface area contributed by atoms with E-state index in [1.807, 2.05) is 0 Å². The first-order chi connectivity index (χ1) is 17.0. The van der Waals surface area contributed by atoms with Gasteiger partial charge in [0.25, 0.3) is 11.5 Å². The Kier molecular flexibility index (Phi) is 7.34. The molecule has 1 saturated heterocycles. The first-order valence-corrected chi connectivity index (χ1v) is 11.8. The zero-order valence-corrected chi connectivity index (χ0v) is 19.7. The van der Waals surface area contributed by atoms with Crippen LogP contribution in [0.5, 0.6) is 0 Å². The van der Waals surface area contributed by atoms with Gasteiger partial charge in [-0.1, -0.05) is 6.07 Å². The lowest BCUT2D eigenvalue weighted by Gasteiger charge is -2.46. The predicted molar refractivity (Wildman–Crippen MR) is 125 cm³/mol. The van der Waals surface area contributed by atoms with Crippen LogP contribution in [-0.4, -0.2) is 58.0 Å². The fraction of sp³-hybridized carbons (Fsp3) is 0.500. The molecule has 36 heavy (non-hydrogen) atoms. The molecule has 2 aromatic rings. The molecule has 0 radical (unpaired) electrons. The van der Waals surface area contributed by atoms with Gasteiger partial charge in [-0.05, 0) is 49.8 Å². The van der Waals surface area contributed by atoms with Gasteiger partial charge in [-0.25, -0.2) is 4.79 Å². The molecule has 1 aliphatic carbocycles. The van der Waals surface area contributed by atoms with Crippen molar-refractivity contribution in [1.29, 1.82) is 0 Å². The number of nitrogens with zero attached hydrogens (tertiary/aromatic N) is 2.